The van der Waals surface area contributed by atoms with Crippen molar-refractivity contribution < 1.29 is 8.42 Å². The lowest BCUT2D eigenvalue weighted by atomic mass is 10.4. The normalized spacial score (nSPS) is 22.1. The molecule has 1 aliphatic rings. The van der Waals surface area contributed by atoms with E-state index < -0.39 is 10.0 Å². The minimum absolute atomic E-state index is 0.215. The first-order valence-corrected chi connectivity index (χ1v) is 5.96. The quantitative estimate of drug-likeness (QED) is 0.649. The highest BCUT2D eigenvalue weighted by Crippen LogP contribution is 2.03. The van der Waals surface area contributed by atoms with Gasteiger partial charge in [0, 0.05) is 19.6 Å². The maximum Gasteiger partial charge on any atom is 0.213 e. The molecule has 0 bridgehead atoms. The van der Waals surface area contributed by atoms with E-state index in [0.29, 0.717) is 13.1 Å². The third-order valence-electron chi connectivity index (χ3n) is 2.06. The zero-order valence-electron chi connectivity index (χ0n) is 7.41. The standard InChI is InChI=1S/C7H16N2O2S/c1-2-12(10,11)9-6-3-4-8-5-7-9/h8H,2-7H2,1H3. The van der Waals surface area contributed by atoms with Crippen LogP contribution in [0.4, 0.5) is 0 Å². The van der Waals surface area contributed by atoms with Gasteiger partial charge < -0.3 is 5.32 Å². The molecule has 5 heteroatoms. The van der Waals surface area contributed by atoms with Gasteiger partial charge in [0.15, 0.2) is 0 Å². The summed E-state index contributed by atoms with van der Waals surface area (Å²) >= 11 is 0. The SMILES string of the molecule is CCS(=O)(=O)N1CCCNCC1. The fraction of sp³-hybridized carbons (Fsp3) is 1.00. The molecule has 0 unspecified atom stereocenters. The van der Waals surface area contributed by atoms with E-state index in [-0.39, 0.29) is 5.75 Å². The smallest absolute Gasteiger partial charge is 0.213 e. The van der Waals surface area contributed by atoms with Gasteiger partial charge in [-0.05, 0) is 19.9 Å². The molecular weight excluding hydrogens is 176 g/mol. The van der Waals surface area contributed by atoms with E-state index in [1.807, 2.05) is 0 Å². The number of sulfonamides is 1. The lowest BCUT2D eigenvalue weighted by molar-refractivity contribution is 0.433. The second-order valence-corrected chi connectivity index (χ2v) is 5.16. The average molecular weight is 192 g/mol. The van der Waals surface area contributed by atoms with Gasteiger partial charge in [0.25, 0.3) is 0 Å². The molecule has 0 atom stereocenters. The van der Waals surface area contributed by atoms with Gasteiger partial charge in [-0.3, -0.25) is 0 Å². The van der Waals surface area contributed by atoms with E-state index in [4.69, 9.17) is 0 Å². The molecule has 1 aliphatic heterocycles. The zero-order valence-corrected chi connectivity index (χ0v) is 8.23. The molecule has 0 aliphatic carbocycles. The van der Waals surface area contributed by atoms with Crippen molar-refractivity contribution in [2.24, 2.45) is 0 Å². The van der Waals surface area contributed by atoms with Crippen molar-refractivity contribution in [3.8, 4) is 0 Å². The first kappa shape index (κ1) is 9.95. The Morgan fingerprint density at radius 1 is 1.33 bits per heavy atom. The van der Waals surface area contributed by atoms with E-state index in [1.165, 1.54) is 0 Å². The summed E-state index contributed by atoms with van der Waals surface area (Å²) in [5, 5.41) is 3.17. The van der Waals surface area contributed by atoms with Gasteiger partial charge in [-0.2, -0.15) is 0 Å². The Morgan fingerprint density at radius 2 is 2.08 bits per heavy atom. The molecule has 0 radical (unpaired) electrons. The number of nitrogens with zero attached hydrogens (tertiary/aromatic N) is 1. The van der Waals surface area contributed by atoms with E-state index in [1.54, 1.807) is 11.2 Å². The second-order valence-electron chi connectivity index (χ2n) is 2.90. The van der Waals surface area contributed by atoms with Gasteiger partial charge in [-0.15, -0.1) is 0 Å². The molecule has 72 valence electrons. The molecule has 0 amide bonds. The molecule has 0 aromatic heterocycles. The zero-order chi connectivity index (χ0) is 9.03. The topological polar surface area (TPSA) is 49.4 Å². The first-order chi connectivity index (χ1) is 5.67. The van der Waals surface area contributed by atoms with Crippen LogP contribution >= 0.6 is 0 Å². The van der Waals surface area contributed by atoms with Crippen molar-refractivity contribution >= 4 is 10.0 Å². The molecule has 1 heterocycles. The van der Waals surface area contributed by atoms with E-state index in [9.17, 15) is 8.42 Å². The van der Waals surface area contributed by atoms with Crippen LogP contribution in [0.3, 0.4) is 0 Å². The van der Waals surface area contributed by atoms with Gasteiger partial charge in [0.2, 0.25) is 10.0 Å². The molecule has 4 nitrogen and oxygen atoms in total. The Kier molecular flexibility index (Phi) is 3.49. The summed E-state index contributed by atoms with van der Waals surface area (Å²) < 4.78 is 24.4. The van der Waals surface area contributed by atoms with Crippen LogP contribution in [-0.2, 0) is 10.0 Å². The van der Waals surface area contributed by atoms with Crippen LogP contribution in [0.5, 0.6) is 0 Å². The highest BCUT2D eigenvalue weighted by atomic mass is 32.2. The van der Waals surface area contributed by atoms with Crippen LogP contribution in [0.2, 0.25) is 0 Å². The summed E-state index contributed by atoms with van der Waals surface area (Å²) in [6, 6.07) is 0. The van der Waals surface area contributed by atoms with Crippen LogP contribution in [0, 0.1) is 0 Å². The molecule has 0 spiro atoms. The highest BCUT2D eigenvalue weighted by Gasteiger charge is 2.20. The van der Waals surface area contributed by atoms with Crippen molar-refractivity contribution in [3.63, 3.8) is 0 Å². The molecule has 1 fully saturated rings. The Bertz CT molecular complexity index is 218. The van der Waals surface area contributed by atoms with Gasteiger partial charge in [0.05, 0.1) is 5.75 Å². The predicted molar refractivity (Wildman–Crippen MR) is 48.5 cm³/mol. The Balaban J connectivity index is 2.60. The van der Waals surface area contributed by atoms with Crippen molar-refractivity contribution in [1.82, 2.24) is 9.62 Å². The third-order valence-corrected chi connectivity index (χ3v) is 3.94. The average Bonchev–Trinajstić information content (AvgIpc) is 2.32. The largest absolute Gasteiger partial charge is 0.315 e. The summed E-state index contributed by atoms with van der Waals surface area (Å²) in [5.74, 6) is 0.215. The Hall–Kier alpha value is -0.130. The Labute approximate surface area is 74.0 Å². The van der Waals surface area contributed by atoms with Gasteiger partial charge in [-0.1, -0.05) is 0 Å². The van der Waals surface area contributed by atoms with E-state index in [0.717, 1.165) is 19.5 Å². The van der Waals surface area contributed by atoms with Crippen molar-refractivity contribution in [2.75, 3.05) is 31.9 Å². The number of hydrogen-bond donors (Lipinski definition) is 1. The van der Waals surface area contributed by atoms with Gasteiger partial charge >= 0.3 is 0 Å². The minimum atomic E-state index is -2.95. The summed E-state index contributed by atoms with van der Waals surface area (Å²) in [4.78, 5) is 0. The summed E-state index contributed by atoms with van der Waals surface area (Å²) in [5.41, 5.74) is 0. The molecule has 0 aromatic carbocycles. The van der Waals surface area contributed by atoms with Crippen LogP contribution in [0.25, 0.3) is 0 Å². The second kappa shape index (κ2) is 4.20. The van der Waals surface area contributed by atoms with E-state index in [2.05, 4.69) is 5.32 Å². The number of rotatable bonds is 2. The maximum atomic E-state index is 11.4. The maximum absolute atomic E-state index is 11.4. The van der Waals surface area contributed by atoms with Crippen LogP contribution in [0.1, 0.15) is 13.3 Å². The van der Waals surface area contributed by atoms with Crippen molar-refractivity contribution in [1.29, 1.82) is 0 Å². The molecule has 1 rings (SSSR count). The molecule has 12 heavy (non-hydrogen) atoms. The number of hydrogen-bond acceptors (Lipinski definition) is 3. The molecular formula is C7H16N2O2S. The summed E-state index contributed by atoms with van der Waals surface area (Å²) in [6.07, 6.45) is 0.916. The fourth-order valence-electron chi connectivity index (χ4n) is 1.28. The highest BCUT2D eigenvalue weighted by molar-refractivity contribution is 7.89. The van der Waals surface area contributed by atoms with Crippen molar-refractivity contribution in [2.45, 2.75) is 13.3 Å². The Morgan fingerprint density at radius 3 is 2.75 bits per heavy atom. The molecule has 0 aromatic rings. The van der Waals surface area contributed by atoms with Gasteiger partial charge in [-0.25, -0.2) is 12.7 Å². The van der Waals surface area contributed by atoms with Crippen molar-refractivity contribution in [3.05, 3.63) is 0 Å². The molecule has 0 saturated carbocycles. The fourth-order valence-corrected chi connectivity index (χ4v) is 2.42. The van der Waals surface area contributed by atoms with Gasteiger partial charge in [0.1, 0.15) is 0 Å². The minimum Gasteiger partial charge on any atom is -0.315 e. The summed E-state index contributed by atoms with van der Waals surface area (Å²) in [6.45, 7) is 4.68. The lowest BCUT2D eigenvalue weighted by Crippen LogP contribution is -2.35. The first-order valence-electron chi connectivity index (χ1n) is 4.35. The predicted octanol–water partition coefficient (Wildman–Crippen LogP) is -0.369. The van der Waals surface area contributed by atoms with E-state index >= 15 is 0 Å². The summed E-state index contributed by atoms with van der Waals surface area (Å²) in [7, 11) is -2.95. The molecule has 1 saturated heterocycles. The number of nitrogens with one attached hydrogen (secondary N) is 1. The van der Waals surface area contributed by atoms with Crippen LogP contribution < -0.4 is 5.32 Å². The monoisotopic (exact) mass is 192 g/mol. The van der Waals surface area contributed by atoms with Crippen LogP contribution in [0.15, 0.2) is 0 Å². The van der Waals surface area contributed by atoms with Crippen LogP contribution in [-0.4, -0.2) is 44.7 Å². The third kappa shape index (κ3) is 2.43. The lowest BCUT2D eigenvalue weighted by Gasteiger charge is -2.17. The molecule has 1 N–H and O–H groups in total.